The molecule has 0 spiro atoms. The number of rotatable bonds is 2. The van der Waals surface area contributed by atoms with E-state index in [0.717, 1.165) is 12.5 Å². The van der Waals surface area contributed by atoms with E-state index in [-0.39, 0.29) is 0 Å². The molecule has 78 valence electrons. The Hall–Kier alpha value is -0.0400. The summed E-state index contributed by atoms with van der Waals surface area (Å²) in [7, 11) is 0. The summed E-state index contributed by atoms with van der Waals surface area (Å²) in [6.45, 7) is 10.1. The fraction of sp³-hybridized carbons (Fsp3) is 1.00. The third-order valence-electron chi connectivity index (χ3n) is 3.30. The molecule has 0 bridgehead atoms. The Labute approximate surface area is 82.9 Å². The van der Waals surface area contributed by atoms with Gasteiger partial charge in [0.1, 0.15) is 0 Å². The van der Waals surface area contributed by atoms with Gasteiger partial charge in [-0.25, -0.2) is 0 Å². The summed E-state index contributed by atoms with van der Waals surface area (Å²) in [6.07, 6.45) is 5.82. The summed E-state index contributed by atoms with van der Waals surface area (Å²) in [5.74, 6) is 0.907. The molecule has 0 aromatic rings. The summed E-state index contributed by atoms with van der Waals surface area (Å²) < 4.78 is 5.64. The van der Waals surface area contributed by atoms with Crippen LogP contribution in [-0.4, -0.2) is 12.7 Å². The zero-order chi connectivity index (χ0) is 9.90. The molecule has 1 aliphatic rings. The van der Waals surface area contributed by atoms with E-state index in [2.05, 4.69) is 27.7 Å². The minimum atomic E-state index is 0.497. The van der Waals surface area contributed by atoms with E-state index in [9.17, 15) is 0 Å². The first-order valence-electron chi connectivity index (χ1n) is 5.65. The highest BCUT2D eigenvalue weighted by Crippen LogP contribution is 2.38. The largest absolute Gasteiger partial charge is 0.379 e. The van der Waals surface area contributed by atoms with Crippen molar-refractivity contribution in [3.05, 3.63) is 0 Å². The van der Waals surface area contributed by atoms with Gasteiger partial charge in [0.15, 0.2) is 0 Å². The van der Waals surface area contributed by atoms with E-state index in [1.807, 2.05) is 0 Å². The molecule has 1 nitrogen and oxygen atoms in total. The minimum Gasteiger partial charge on any atom is -0.379 e. The van der Waals surface area contributed by atoms with Crippen LogP contribution in [0.3, 0.4) is 0 Å². The van der Waals surface area contributed by atoms with Gasteiger partial charge in [0, 0.05) is 6.61 Å². The lowest BCUT2D eigenvalue weighted by molar-refractivity contribution is 0.0102. The first-order chi connectivity index (χ1) is 6.04. The third-order valence-corrected chi connectivity index (χ3v) is 3.30. The molecule has 0 N–H and O–H groups in total. The van der Waals surface area contributed by atoms with E-state index in [1.165, 1.54) is 25.7 Å². The SMILES string of the molecule is CCOC1CCC(C(C)(C)C)CC1. The molecule has 0 aromatic heterocycles. The zero-order valence-corrected chi connectivity index (χ0v) is 9.60. The van der Waals surface area contributed by atoms with Gasteiger partial charge in [-0.15, -0.1) is 0 Å². The minimum absolute atomic E-state index is 0.497. The van der Waals surface area contributed by atoms with E-state index in [0.29, 0.717) is 11.5 Å². The second-order valence-electron chi connectivity index (χ2n) is 5.29. The van der Waals surface area contributed by atoms with Crippen LogP contribution in [0.5, 0.6) is 0 Å². The highest BCUT2D eigenvalue weighted by atomic mass is 16.5. The van der Waals surface area contributed by atoms with Gasteiger partial charge in [0.05, 0.1) is 6.10 Å². The Bertz CT molecular complexity index is 138. The van der Waals surface area contributed by atoms with Crippen LogP contribution in [0.25, 0.3) is 0 Å². The monoisotopic (exact) mass is 184 g/mol. The van der Waals surface area contributed by atoms with E-state index in [1.54, 1.807) is 0 Å². The second-order valence-corrected chi connectivity index (χ2v) is 5.29. The van der Waals surface area contributed by atoms with E-state index >= 15 is 0 Å². The van der Waals surface area contributed by atoms with Crippen LogP contribution in [0.2, 0.25) is 0 Å². The predicted molar refractivity (Wildman–Crippen MR) is 56.8 cm³/mol. The molecule has 1 rings (SSSR count). The molecule has 0 aromatic carbocycles. The van der Waals surface area contributed by atoms with Gasteiger partial charge >= 0.3 is 0 Å². The van der Waals surface area contributed by atoms with E-state index < -0.39 is 0 Å². The van der Waals surface area contributed by atoms with Crippen LogP contribution < -0.4 is 0 Å². The van der Waals surface area contributed by atoms with Gasteiger partial charge in [-0.3, -0.25) is 0 Å². The molecule has 0 amide bonds. The lowest BCUT2D eigenvalue weighted by Crippen LogP contribution is -2.29. The Morgan fingerprint density at radius 3 is 2.00 bits per heavy atom. The van der Waals surface area contributed by atoms with Crippen LogP contribution in [0.1, 0.15) is 53.4 Å². The van der Waals surface area contributed by atoms with E-state index in [4.69, 9.17) is 4.74 Å². The van der Waals surface area contributed by atoms with Crippen molar-refractivity contribution in [2.24, 2.45) is 11.3 Å². The molecule has 1 fully saturated rings. The normalized spacial score (nSPS) is 30.5. The van der Waals surface area contributed by atoms with Crippen molar-refractivity contribution in [2.75, 3.05) is 6.61 Å². The van der Waals surface area contributed by atoms with Crippen LogP contribution in [0.4, 0.5) is 0 Å². The Morgan fingerprint density at radius 2 is 1.62 bits per heavy atom. The topological polar surface area (TPSA) is 9.23 Å². The molecule has 1 aliphatic carbocycles. The molecular formula is C12H24O. The Balaban J connectivity index is 2.30. The Morgan fingerprint density at radius 1 is 1.08 bits per heavy atom. The summed E-state index contributed by atoms with van der Waals surface area (Å²) in [4.78, 5) is 0. The van der Waals surface area contributed by atoms with Crippen molar-refractivity contribution in [2.45, 2.75) is 59.5 Å². The lowest BCUT2D eigenvalue weighted by Gasteiger charge is -2.36. The van der Waals surface area contributed by atoms with Crippen LogP contribution in [0.15, 0.2) is 0 Å². The van der Waals surface area contributed by atoms with Gasteiger partial charge in [-0.05, 0) is 43.9 Å². The second kappa shape index (κ2) is 4.45. The van der Waals surface area contributed by atoms with Crippen LogP contribution >= 0.6 is 0 Å². The van der Waals surface area contributed by atoms with Crippen molar-refractivity contribution in [3.63, 3.8) is 0 Å². The highest BCUT2D eigenvalue weighted by Gasteiger charge is 2.29. The first-order valence-corrected chi connectivity index (χ1v) is 5.65. The fourth-order valence-corrected chi connectivity index (χ4v) is 2.33. The molecule has 0 radical (unpaired) electrons. The average Bonchev–Trinajstić information content (AvgIpc) is 2.04. The highest BCUT2D eigenvalue weighted by molar-refractivity contribution is 4.80. The quantitative estimate of drug-likeness (QED) is 0.637. The maximum atomic E-state index is 5.64. The molecule has 0 unspecified atom stereocenters. The average molecular weight is 184 g/mol. The number of hydrogen-bond acceptors (Lipinski definition) is 1. The maximum absolute atomic E-state index is 5.64. The van der Waals surface area contributed by atoms with Crippen molar-refractivity contribution in [1.82, 2.24) is 0 Å². The Kier molecular flexibility index (Phi) is 3.78. The molecule has 0 atom stereocenters. The number of ether oxygens (including phenoxy) is 1. The molecule has 0 heterocycles. The summed E-state index contributed by atoms with van der Waals surface area (Å²) in [5.41, 5.74) is 0.497. The van der Waals surface area contributed by atoms with Gasteiger partial charge in [-0.2, -0.15) is 0 Å². The van der Waals surface area contributed by atoms with Gasteiger partial charge < -0.3 is 4.74 Å². The van der Waals surface area contributed by atoms with Crippen molar-refractivity contribution >= 4 is 0 Å². The fourth-order valence-electron chi connectivity index (χ4n) is 2.33. The zero-order valence-electron chi connectivity index (χ0n) is 9.60. The van der Waals surface area contributed by atoms with Gasteiger partial charge in [-0.1, -0.05) is 20.8 Å². The van der Waals surface area contributed by atoms with Gasteiger partial charge in [0.25, 0.3) is 0 Å². The molecule has 13 heavy (non-hydrogen) atoms. The van der Waals surface area contributed by atoms with Gasteiger partial charge in [0.2, 0.25) is 0 Å². The summed E-state index contributed by atoms with van der Waals surface area (Å²) in [5, 5.41) is 0. The molecule has 1 heteroatoms. The molecular weight excluding hydrogens is 160 g/mol. The lowest BCUT2D eigenvalue weighted by atomic mass is 9.72. The first kappa shape index (κ1) is 11.0. The van der Waals surface area contributed by atoms with Crippen molar-refractivity contribution in [1.29, 1.82) is 0 Å². The number of hydrogen-bond donors (Lipinski definition) is 0. The predicted octanol–water partition coefficient (Wildman–Crippen LogP) is 3.63. The summed E-state index contributed by atoms with van der Waals surface area (Å²) in [6, 6.07) is 0. The standard InChI is InChI=1S/C12H24O/c1-5-13-11-8-6-10(7-9-11)12(2,3)4/h10-11H,5-9H2,1-4H3. The third kappa shape index (κ3) is 3.30. The smallest absolute Gasteiger partial charge is 0.0575 e. The molecule has 1 saturated carbocycles. The van der Waals surface area contributed by atoms with Crippen molar-refractivity contribution < 1.29 is 4.74 Å². The maximum Gasteiger partial charge on any atom is 0.0575 e. The molecule has 0 aliphatic heterocycles. The summed E-state index contributed by atoms with van der Waals surface area (Å²) >= 11 is 0. The molecule has 0 saturated heterocycles. The van der Waals surface area contributed by atoms with Crippen LogP contribution in [-0.2, 0) is 4.74 Å². The van der Waals surface area contributed by atoms with Crippen LogP contribution in [0, 0.1) is 11.3 Å². The van der Waals surface area contributed by atoms with Crippen molar-refractivity contribution in [3.8, 4) is 0 Å².